The lowest BCUT2D eigenvalue weighted by Crippen LogP contribution is -2.37. The summed E-state index contributed by atoms with van der Waals surface area (Å²) in [5.41, 5.74) is 5.86. The van der Waals surface area contributed by atoms with Crippen LogP contribution in [0.4, 0.5) is 5.69 Å². The Bertz CT molecular complexity index is 1170. The molecule has 0 unspecified atom stereocenters. The van der Waals surface area contributed by atoms with E-state index in [1.165, 1.54) is 4.90 Å². The van der Waals surface area contributed by atoms with E-state index in [2.05, 4.69) is 15.5 Å². The van der Waals surface area contributed by atoms with Gasteiger partial charge in [0.25, 0.3) is 0 Å². The van der Waals surface area contributed by atoms with Crippen molar-refractivity contribution in [2.75, 3.05) is 18.9 Å². The predicted octanol–water partition coefficient (Wildman–Crippen LogP) is 3.94. The lowest BCUT2D eigenvalue weighted by molar-refractivity contribution is -0.133. The molecule has 1 aromatic heterocycles. The van der Waals surface area contributed by atoms with Gasteiger partial charge in [0.2, 0.25) is 11.8 Å². The molecule has 0 aliphatic heterocycles. The summed E-state index contributed by atoms with van der Waals surface area (Å²) in [5, 5.41) is 9.96. The lowest BCUT2D eigenvalue weighted by atomic mass is 10.1. The second-order valence-corrected chi connectivity index (χ2v) is 8.27. The average Bonchev–Trinajstić information content (AvgIpc) is 3.05. The van der Waals surface area contributed by atoms with Crippen LogP contribution in [-0.4, -0.2) is 45.1 Å². The summed E-state index contributed by atoms with van der Waals surface area (Å²) in [5.74, 6) is 0.102. The highest BCUT2D eigenvalue weighted by Gasteiger charge is 2.18. The minimum absolute atomic E-state index is 0.00895. The number of hydrogen-bond acceptors (Lipinski definition) is 4. The summed E-state index contributed by atoms with van der Waals surface area (Å²) >= 11 is 5.32. The van der Waals surface area contributed by atoms with E-state index < -0.39 is 0 Å². The number of carbonyl (C=O) groups is 2. The monoisotopic (exact) mass is 437 g/mol. The zero-order valence-corrected chi connectivity index (χ0v) is 19.3. The molecule has 0 saturated heterocycles. The standard InChI is InChI=1S/C23H27N5O2S/c1-14-7-6-8-18(11-14)22-25-26-23(31)28(22)13-20(30)27(5)12-19(29)24-21-16(3)9-15(2)10-17(21)4/h6-11H,12-13H2,1-5H3,(H,24,29)(H,26,31). The number of rotatable bonds is 6. The van der Waals surface area contributed by atoms with Crippen LogP contribution in [0, 0.1) is 32.5 Å². The van der Waals surface area contributed by atoms with Crippen molar-refractivity contribution in [1.82, 2.24) is 19.7 Å². The third-order valence-corrected chi connectivity index (χ3v) is 5.39. The maximum absolute atomic E-state index is 12.8. The van der Waals surface area contributed by atoms with Crippen molar-refractivity contribution in [2.45, 2.75) is 34.2 Å². The molecule has 3 aromatic rings. The zero-order chi connectivity index (χ0) is 22.7. The van der Waals surface area contributed by atoms with Crippen LogP contribution in [0.5, 0.6) is 0 Å². The van der Waals surface area contributed by atoms with E-state index >= 15 is 0 Å². The highest BCUT2D eigenvalue weighted by atomic mass is 32.1. The van der Waals surface area contributed by atoms with Gasteiger partial charge in [-0.15, -0.1) is 0 Å². The summed E-state index contributed by atoms with van der Waals surface area (Å²) in [6, 6.07) is 11.9. The minimum atomic E-state index is -0.249. The lowest BCUT2D eigenvalue weighted by Gasteiger charge is -2.19. The Balaban J connectivity index is 1.70. The quantitative estimate of drug-likeness (QED) is 0.572. The maximum atomic E-state index is 12.8. The number of nitrogens with zero attached hydrogens (tertiary/aromatic N) is 3. The topological polar surface area (TPSA) is 83.0 Å². The molecule has 0 saturated carbocycles. The van der Waals surface area contributed by atoms with Crippen LogP contribution in [0.25, 0.3) is 11.4 Å². The molecule has 0 radical (unpaired) electrons. The van der Waals surface area contributed by atoms with Gasteiger partial charge in [-0.25, -0.2) is 0 Å². The maximum Gasteiger partial charge on any atom is 0.243 e. The largest absolute Gasteiger partial charge is 0.335 e. The number of aromatic nitrogens is 3. The second kappa shape index (κ2) is 9.26. The molecule has 0 atom stereocenters. The first-order valence-electron chi connectivity index (χ1n) is 9.99. The number of anilines is 1. The molecule has 0 aliphatic rings. The Kier molecular flexibility index (Phi) is 6.70. The molecule has 2 amide bonds. The first kappa shape index (κ1) is 22.4. The van der Waals surface area contributed by atoms with Gasteiger partial charge >= 0.3 is 0 Å². The van der Waals surface area contributed by atoms with Crippen LogP contribution in [-0.2, 0) is 16.1 Å². The van der Waals surface area contributed by atoms with Crippen molar-refractivity contribution in [3.05, 3.63) is 63.4 Å². The van der Waals surface area contributed by atoms with Crippen molar-refractivity contribution in [1.29, 1.82) is 0 Å². The Morgan fingerprint density at radius 1 is 1.10 bits per heavy atom. The minimum Gasteiger partial charge on any atom is -0.335 e. The number of likely N-dealkylation sites (N-methyl/N-ethyl adjacent to an activating group) is 1. The molecule has 0 aliphatic carbocycles. The Morgan fingerprint density at radius 3 is 2.42 bits per heavy atom. The van der Waals surface area contributed by atoms with Gasteiger partial charge in [-0.1, -0.05) is 41.5 Å². The summed E-state index contributed by atoms with van der Waals surface area (Å²) < 4.78 is 2.00. The highest BCUT2D eigenvalue weighted by molar-refractivity contribution is 7.71. The van der Waals surface area contributed by atoms with Crippen molar-refractivity contribution in [3.63, 3.8) is 0 Å². The van der Waals surface area contributed by atoms with Crippen LogP contribution in [0.15, 0.2) is 36.4 Å². The molecule has 1 heterocycles. The van der Waals surface area contributed by atoms with E-state index in [4.69, 9.17) is 12.2 Å². The first-order valence-corrected chi connectivity index (χ1v) is 10.4. The average molecular weight is 438 g/mol. The molecular formula is C23H27N5O2S. The van der Waals surface area contributed by atoms with Gasteiger partial charge in [0.15, 0.2) is 10.6 Å². The van der Waals surface area contributed by atoms with Crippen molar-refractivity contribution in [3.8, 4) is 11.4 Å². The molecule has 2 aromatic carbocycles. The van der Waals surface area contributed by atoms with Crippen LogP contribution in [0.3, 0.4) is 0 Å². The van der Waals surface area contributed by atoms with Gasteiger partial charge in [-0.3, -0.25) is 19.3 Å². The second-order valence-electron chi connectivity index (χ2n) is 7.88. The van der Waals surface area contributed by atoms with E-state index in [1.54, 1.807) is 11.6 Å². The Morgan fingerprint density at radius 2 is 1.77 bits per heavy atom. The Labute approximate surface area is 187 Å². The third kappa shape index (κ3) is 5.27. The van der Waals surface area contributed by atoms with Crippen molar-refractivity contribution < 1.29 is 9.59 Å². The normalized spacial score (nSPS) is 10.7. The zero-order valence-electron chi connectivity index (χ0n) is 18.4. The molecule has 3 rings (SSSR count). The fraction of sp³-hybridized carbons (Fsp3) is 0.304. The number of carbonyl (C=O) groups excluding carboxylic acids is 2. The molecule has 0 bridgehead atoms. The van der Waals surface area contributed by atoms with E-state index in [0.717, 1.165) is 33.5 Å². The van der Waals surface area contributed by atoms with E-state index in [1.807, 2.05) is 64.1 Å². The fourth-order valence-electron chi connectivity index (χ4n) is 3.58. The smallest absolute Gasteiger partial charge is 0.243 e. The molecule has 31 heavy (non-hydrogen) atoms. The number of H-pyrrole nitrogens is 1. The number of benzene rings is 2. The molecule has 0 fully saturated rings. The fourth-order valence-corrected chi connectivity index (χ4v) is 3.78. The summed E-state index contributed by atoms with van der Waals surface area (Å²) in [6.07, 6.45) is 0. The van der Waals surface area contributed by atoms with Gasteiger partial charge in [0, 0.05) is 18.3 Å². The summed E-state index contributed by atoms with van der Waals surface area (Å²) in [4.78, 5) is 26.8. The van der Waals surface area contributed by atoms with Crippen LogP contribution in [0.2, 0.25) is 0 Å². The third-order valence-electron chi connectivity index (χ3n) is 5.08. The summed E-state index contributed by atoms with van der Waals surface area (Å²) in [7, 11) is 1.60. The van der Waals surface area contributed by atoms with Gasteiger partial charge in [-0.05, 0) is 57.1 Å². The number of nitrogens with one attached hydrogen (secondary N) is 2. The number of hydrogen-bond donors (Lipinski definition) is 2. The van der Waals surface area contributed by atoms with Crippen LogP contribution < -0.4 is 5.32 Å². The number of amides is 2. The predicted molar refractivity (Wildman–Crippen MR) is 125 cm³/mol. The van der Waals surface area contributed by atoms with E-state index in [-0.39, 0.29) is 24.9 Å². The van der Waals surface area contributed by atoms with E-state index in [0.29, 0.717) is 10.6 Å². The number of aromatic amines is 1. The molecule has 0 spiro atoms. The molecule has 162 valence electrons. The van der Waals surface area contributed by atoms with Crippen molar-refractivity contribution >= 4 is 29.7 Å². The van der Waals surface area contributed by atoms with Crippen LogP contribution in [0.1, 0.15) is 22.3 Å². The van der Waals surface area contributed by atoms with Gasteiger partial charge in [-0.2, -0.15) is 5.10 Å². The molecule has 7 nitrogen and oxygen atoms in total. The Hall–Kier alpha value is -3.26. The summed E-state index contributed by atoms with van der Waals surface area (Å²) in [6.45, 7) is 7.85. The highest BCUT2D eigenvalue weighted by Crippen LogP contribution is 2.22. The molecule has 8 heteroatoms. The van der Waals surface area contributed by atoms with E-state index in [9.17, 15) is 9.59 Å². The van der Waals surface area contributed by atoms with Crippen molar-refractivity contribution in [2.24, 2.45) is 0 Å². The first-order chi connectivity index (χ1) is 14.7. The van der Waals surface area contributed by atoms with Crippen LogP contribution >= 0.6 is 12.2 Å². The van der Waals surface area contributed by atoms with Gasteiger partial charge < -0.3 is 10.2 Å². The SMILES string of the molecule is Cc1cccc(-c2n[nH]c(=S)n2CC(=O)N(C)CC(=O)Nc2c(C)cc(C)cc2C)c1. The number of aryl methyl sites for hydroxylation is 4. The van der Waals surface area contributed by atoms with Gasteiger partial charge in [0.05, 0.1) is 6.54 Å². The molecular weight excluding hydrogens is 410 g/mol. The van der Waals surface area contributed by atoms with Gasteiger partial charge in [0.1, 0.15) is 6.54 Å². The molecule has 2 N–H and O–H groups in total.